The van der Waals surface area contributed by atoms with Crippen molar-refractivity contribution in [2.75, 3.05) is 0 Å². The number of hydrogen-bond acceptors (Lipinski definition) is 3. The molecule has 0 saturated carbocycles. The minimum absolute atomic E-state index is 0.00590. The fourth-order valence-electron chi connectivity index (χ4n) is 2.26. The van der Waals surface area contributed by atoms with Gasteiger partial charge in [-0.25, -0.2) is 0 Å². The summed E-state index contributed by atoms with van der Waals surface area (Å²) in [4.78, 5) is 15.9. The molecule has 1 N–H and O–H groups in total. The summed E-state index contributed by atoms with van der Waals surface area (Å²) >= 11 is 0. The zero-order chi connectivity index (χ0) is 16.7. The number of carbonyl (C=O) groups excluding carboxylic acids is 1. The zero-order valence-corrected chi connectivity index (χ0v) is 14.0. The Kier molecular flexibility index (Phi) is 6.15. The van der Waals surface area contributed by atoms with Crippen molar-refractivity contribution in [3.63, 3.8) is 0 Å². The Morgan fingerprint density at radius 3 is 2.52 bits per heavy atom. The SMILES string of the molecule is CC(C)CC(=O)N[C@@H](C)c1ccc(OCc2cccnc2)cc1. The van der Waals surface area contributed by atoms with Gasteiger partial charge in [0, 0.05) is 24.4 Å². The monoisotopic (exact) mass is 312 g/mol. The number of pyridine rings is 1. The number of benzene rings is 1. The summed E-state index contributed by atoms with van der Waals surface area (Å²) < 4.78 is 5.73. The molecule has 4 nitrogen and oxygen atoms in total. The summed E-state index contributed by atoms with van der Waals surface area (Å²) in [6.07, 6.45) is 4.09. The van der Waals surface area contributed by atoms with Gasteiger partial charge in [0.2, 0.25) is 5.91 Å². The van der Waals surface area contributed by atoms with Crippen LogP contribution in [0, 0.1) is 5.92 Å². The summed E-state index contributed by atoms with van der Waals surface area (Å²) in [6.45, 7) is 6.56. The van der Waals surface area contributed by atoms with E-state index in [1.807, 2.05) is 57.2 Å². The standard InChI is InChI=1S/C19H24N2O2/c1-14(2)11-19(22)21-15(3)17-6-8-18(9-7-17)23-13-16-5-4-10-20-12-16/h4-10,12,14-15H,11,13H2,1-3H3,(H,21,22)/t15-/m0/s1. The van der Waals surface area contributed by atoms with Gasteiger partial charge < -0.3 is 10.1 Å². The Morgan fingerprint density at radius 2 is 1.91 bits per heavy atom. The predicted molar refractivity (Wildman–Crippen MR) is 91.0 cm³/mol. The number of hydrogen-bond donors (Lipinski definition) is 1. The van der Waals surface area contributed by atoms with Gasteiger partial charge in [0.25, 0.3) is 0 Å². The van der Waals surface area contributed by atoms with Crippen LogP contribution >= 0.6 is 0 Å². The van der Waals surface area contributed by atoms with Crippen LogP contribution < -0.4 is 10.1 Å². The first-order valence-corrected chi connectivity index (χ1v) is 7.95. The van der Waals surface area contributed by atoms with E-state index < -0.39 is 0 Å². The summed E-state index contributed by atoms with van der Waals surface area (Å²) in [7, 11) is 0. The van der Waals surface area contributed by atoms with E-state index >= 15 is 0 Å². The maximum absolute atomic E-state index is 11.8. The number of nitrogens with one attached hydrogen (secondary N) is 1. The molecule has 0 aliphatic heterocycles. The van der Waals surface area contributed by atoms with Crippen LogP contribution in [0.4, 0.5) is 0 Å². The number of aromatic nitrogens is 1. The molecule has 0 aliphatic rings. The molecule has 1 aromatic carbocycles. The summed E-state index contributed by atoms with van der Waals surface area (Å²) in [5.74, 6) is 1.26. The van der Waals surface area contributed by atoms with Gasteiger partial charge in [-0.3, -0.25) is 9.78 Å². The van der Waals surface area contributed by atoms with E-state index in [4.69, 9.17) is 4.74 Å². The summed E-state index contributed by atoms with van der Waals surface area (Å²) in [5, 5.41) is 3.02. The van der Waals surface area contributed by atoms with Crippen molar-refractivity contribution in [2.24, 2.45) is 5.92 Å². The lowest BCUT2D eigenvalue weighted by Crippen LogP contribution is -2.27. The van der Waals surface area contributed by atoms with Crippen molar-refractivity contribution in [2.45, 2.75) is 39.8 Å². The lowest BCUT2D eigenvalue weighted by molar-refractivity contribution is -0.122. The number of ether oxygens (including phenoxy) is 1. The molecular weight excluding hydrogens is 288 g/mol. The quantitative estimate of drug-likeness (QED) is 0.844. The fourth-order valence-corrected chi connectivity index (χ4v) is 2.26. The molecule has 0 bridgehead atoms. The van der Waals surface area contributed by atoms with Crippen molar-refractivity contribution in [3.8, 4) is 5.75 Å². The van der Waals surface area contributed by atoms with E-state index in [-0.39, 0.29) is 11.9 Å². The van der Waals surface area contributed by atoms with Crippen molar-refractivity contribution >= 4 is 5.91 Å². The highest BCUT2D eigenvalue weighted by atomic mass is 16.5. The number of rotatable bonds is 7. The van der Waals surface area contributed by atoms with Crippen LogP contribution in [0.3, 0.4) is 0 Å². The Labute approximate surface area is 137 Å². The first-order chi connectivity index (χ1) is 11.0. The second-order valence-electron chi connectivity index (χ2n) is 6.11. The minimum atomic E-state index is -0.00590. The van der Waals surface area contributed by atoms with Crippen molar-refractivity contribution < 1.29 is 9.53 Å². The molecule has 2 aromatic rings. The first kappa shape index (κ1) is 17.0. The molecule has 0 radical (unpaired) electrons. The van der Waals surface area contributed by atoms with Crippen LogP contribution in [0.25, 0.3) is 0 Å². The van der Waals surface area contributed by atoms with Crippen LogP contribution in [-0.4, -0.2) is 10.9 Å². The minimum Gasteiger partial charge on any atom is -0.489 e. The topological polar surface area (TPSA) is 51.2 Å². The van der Waals surface area contributed by atoms with E-state index in [9.17, 15) is 4.79 Å². The van der Waals surface area contributed by atoms with Gasteiger partial charge in [0.15, 0.2) is 0 Å². The van der Waals surface area contributed by atoms with Gasteiger partial charge in [0.1, 0.15) is 12.4 Å². The normalized spacial score (nSPS) is 12.0. The van der Waals surface area contributed by atoms with Crippen LogP contribution in [0.1, 0.15) is 44.4 Å². The number of carbonyl (C=O) groups is 1. The van der Waals surface area contributed by atoms with E-state index in [0.29, 0.717) is 18.9 Å². The first-order valence-electron chi connectivity index (χ1n) is 7.95. The molecule has 23 heavy (non-hydrogen) atoms. The molecule has 2 rings (SSSR count). The molecule has 1 aromatic heterocycles. The second kappa shape index (κ2) is 8.32. The lowest BCUT2D eigenvalue weighted by atomic mass is 10.1. The van der Waals surface area contributed by atoms with E-state index in [1.54, 1.807) is 12.4 Å². The molecule has 4 heteroatoms. The molecule has 0 spiro atoms. The Bertz CT molecular complexity index is 609. The van der Waals surface area contributed by atoms with Crippen molar-refractivity contribution in [3.05, 3.63) is 59.9 Å². The molecule has 0 unspecified atom stereocenters. The lowest BCUT2D eigenvalue weighted by Gasteiger charge is -2.16. The van der Waals surface area contributed by atoms with Crippen molar-refractivity contribution in [1.29, 1.82) is 0 Å². The third kappa shape index (κ3) is 5.74. The molecule has 0 aliphatic carbocycles. The maximum atomic E-state index is 11.8. The summed E-state index contributed by atoms with van der Waals surface area (Å²) in [5.41, 5.74) is 2.10. The highest BCUT2D eigenvalue weighted by Gasteiger charge is 2.10. The molecule has 0 fully saturated rings. The smallest absolute Gasteiger partial charge is 0.220 e. The van der Waals surface area contributed by atoms with Crippen LogP contribution in [0.15, 0.2) is 48.8 Å². The van der Waals surface area contributed by atoms with Crippen LogP contribution in [0.2, 0.25) is 0 Å². The average molecular weight is 312 g/mol. The Hall–Kier alpha value is -2.36. The maximum Gasteiger partial charge on any atom is 0.220 e. The van der Waals surface area contributed by atoms with Crippen LogP contribution in [-0.2, 0) is 11.4 Å². The third-order valence-electron chi connectivity index (χ3n) is 3.48. The Morgan fingerprint density at radius 1 is 1.17 bits per heavy atom. The molecule has 1 heterocycles. The van der Waals surface area contributed by atoms with Crippen LogP contribution in [0.5, 0.6) is 5.75 Å². The average Bonchev–Trinajstić information content (AvgIpc) is 2.53. The van der Waals surface area contributed by atoms with Gasteiger partial charge in [-0.2, -0.15) is 0 Å². The molecule has 0 saturated heterocycles. The van der Waals surface area contributed by atoms with Gasteiger partial charge in [0.05, 0.1) is 6.04 Å². The van der Waals surface area contributed by atoms with Gasteiger partial charge in [-0.15, -0.1) is 0 Å². The van der Waals surface area contributed by atoms with E-state index in [0.717, 1.165) is 16.9 Å². The van der Waals surface area contributed by atoms with E-state index in [1.165, 1.54) is 0 Å². The molecule has 1 atom stereocenters. The molecule has 1 amide bonds. The highest BCUT2D eigenvalue weighted by Crippen LogP contribution is 2.19. The highest BCUT2D eigenvalue weighted by molar-refractivity contribution is 5.76. The van der Waals surface area contributed by atoms with E-state index in [2.05, 4.69) is 10.3 Å². The third-order valence-corrected chi connectivity index (χ3v) is 3.48. The number of amides is 1. The zero-order valence-electron chi connectivity index (χ0n) is 14.0. The predicted octanol–water partition coefficient (Wildman–Crippen LogP) is 3.88. The molecule has 122 valence electrons. The van der Waals surface area contributed by atoms with Gasteiger partial charge >= 0.3 is 0 Å². The van der Waals surface area contributed by atoms with Gasteiger partial charge in [-0.1, -0.05) is 32.0 Å². The summed E-state index contributed by atoms with van der Waals surface area (Å²) in [6, 6.07) is 11.7. The largest absolute Gasteiger partial charge is 0.489 e. The fraction of sp³-hybridized carbons (Fsp3) is 0.368. The van der Waals surface area contributed by atoms with Crippen molar-refractivity contribution in [1.82, 2.24) is 10.3 Å². The molecular formula is C19H24N2O2. The Balaban J connectivity index is 1.87. The number of nitrogens with zero attached hydrogens (tertiary/aromatic N) is 1. The second-order valence-corrected chi connectivity index (χ2v) is 6.11. The van der Waals surface area contributed by atoms with Gasteiger partial charge in [-0.05, 0) is 36.6 Å².